The van der Waals surface area contributed by atoms with Crippen molar-refractivity contribution in [1.82, 2.24) is 20.2 Å². The van der Waals surface area contributed by atoms with E-state index in [1.807, 2.05) is 47.9 Å². The normalized spacial score (nSPS) is 11.1. The maximum atomic E-state index is 12.3. The number of para-hydroxylation sites is 1. The Kier molecular flexibility index (Phi) is 7.07. The van der Waals surface area contributed by atoms with E-state index in [0.29, 0.717) is 21.6 Å². The number of phenols is 1. The van der Waals surface area contributed by atoms with E-state index in [1.54, 1.807) is 36.4 Å². The number of hydrogen-bond acceptors (Lipinski definition) is 6. The first-order chi connectivity index (χ1) is 16.0. The molecule has 1 amide bonds. The van der Waals surface area contributed by atoms with Gasteiger partial charge in [-0.15, -0.1) is 10.2 Å². The smallest absolute Gasteiger partial charge is 0.250 e. The Morgan fingerprint density at radius 3 is 2.55 bits per heavy atom. The number of phenolic OH excluding ortho intramolecular Hbond substituents is 1. The summed E-state index contributed by atoms with van der Waals surface area (Å²) in [4.78, 5) is 12.3. The number of carbonyl (C=O) groups is 1. The standard InChI is InChI=1S/C24H20ClN5O2S/c1-16-6-8-17(9-7-16)23-28-29-24(30(23)20-12-10-19(25)11-13-20)33-15-22(32)27-26-14-18-4-2-3-5-21(18)31/h2-14,31H,15H2,1H3,(H,27,32)/b26-14+. The second kappa shape index (κ2) is 10.3. The van der Waals surface area contributed by atoms with Crippen LogP contribution in [0.5, 0.6) is 5.75 Å². The molecule has 0 bridgehead atoms. The fraction of sp³-hybridized carbons (Fsp3) is 0.0833. The second-order valence-electron chi connectivity index (χ2n) is 7.12. The highest BCUT2D eigenvalue weighted by molar-refractivity contribution is 7.99. The molecular weight excluding hydrogens is 458 g/mol. The largest absolute Gasteiger partial charge is 0.507 e. The lowest BCUT2D eigenvalue weighted by Gasteiger charge is -2.10. The van der Waals surface area contributed by atoms with E-state index in [0.717, 1.165) is 16.8 Å². The van der Waals surface area contributed by atoms with Crippen molar-refractivity contribution in [2.45, 2.75) is 12.1 Å². The molecule has 33 heavy (non-hydrogen) atoms. The molecule has 0 aliphatic rings. The van der Waals surface area contributed by atoms with Crippen molar-refractivity contribution >= 4 is 35.5 Å². The zero-order valence-electron chi connectivity index (χ0n) is 17.6. The van der Waals surface area contributed by atoms with Crippen LogP contribution in [0.1, 0.15) is 11.1 Å². The van der Waals surface area contributed by atoms with Gasteiger partial charge in [0, 0.05) is 21.8 Å². The fourth-order valence-corrected chi connectivity index (χ4v) is 3.88. The number of nitrogens with zero attached hydrogens (tertiary/aromatic N) is 4. The summed E-state index contributed by atoms with van der Waals surface area (Å²) in [5.41, 5.74) is 5.86. The van der Waals surface area contributed by atoms with E-state index in [1.165, 1.54) is 18.0 Å². The number of carbonyl (C=O) groups excluding carboxylic acids is 1. The summed E-state index contributed by atoms with van der Waals surface area (Å²) < 4.78 is 1.89. The number of benzene rings is 3. The maximum Gasteiger partial charge on any atom is 0.250 e. The third-order valence-corrected chi connectivity index (χ3v) is 5.87. The summed E-state index contributed by atoms with van der Waals surface area (Å²) in [6.45, 7) is 2.02. The van der Waals surface area contributed by atoms with Gasteiger partial charge in [-0.05, 0) is 43.3 Å². The van der Waals surface area contributed by atoms with Crippen LogP contribution in [0.4, 0.5) is 0 Å². The first kappa shape index (κ1) is 22.6. The molecule has 3 aromatic carbocycles. The van der Waals surface area contributed by atoms with E-state index in [2.05, 4.69) is 20.7 Å². The maximum absolute atomic E-state index is 12.3. The summed E-state index contributed by atoms with van der Waals surface area (Å²) in [6, 6.07) is 22.1. The number of hydrogen-bond donors (Lipinski definition) is 2. The van der Waals surface area contributed by atoms with E-state index < -0.39 is 0 Å². The van der Waals surface area contributed by atoms with Gasteiger partial charge in [0.15, 0.2) is 11.0 Å². The number of aromatic nitrogens is 3. The van der Waals surface area contributed by atoms with Crippen molar-refractivity contribution in [2.75, 3.05) is 5.75 Å². The minimum atomic E-state index is -0.311. The number of amides is 1. The Hall–Kier alpha value is -3.62. The third kappa shape index (κ3) is 5.60. The Bertz CT molecular complexity index is 1290. The molecular formula is C24H20ClN5O2S. The molecule has 4 rings (SSSR count). The quantitative estimate of drug-likeness (QED) is 0.225. The topological polar surface area (TPSA) is 92.4 Å². The third-order valence-electron chi connectivity index (χ3n) is 4.69. The van der Waals surface area contributed by atoms with Crippen LogP contribution < -0.4 is 5.43 Å². The Morgan fingerprint density at radius 1 is 1.09 bits per heavy atom. The minimum absolute atomic E-state index is 0.0811. The molecule has 166 valence electrons. The van der Waals surface area contributed by atoms with Crippen LogP contribution in [-0.2, 0) is 4.79 Å². The molecule has 1 heterocycles. The Labute approximate surface area is 200 Å². The Balaban J connectivity index is 1.52. The highest BCUT2D eigenvalue weighted by Crippen LogP contribution is 2.28. The van der Waals surface area contributed by atoms with Crippen molar-refractivity contribution in [3.63, 3.8) is 0 Å². The average Bonchev–Trinajstić information content (AvgIpc) is 3.24. The van der Waals surface area contributed by atoms with Crippen molar-refractivity contribution in [2.24, 2.45) is 5.10 Å². The van der Waals surface area contributed by atoms with Gasteiger partial charge in [-0.1, -0.05) is 65.3 Å². The molecule has 0 aliphatic carbocycles. The number of aromatic hydroxyl groups is 1. The number of halogens is 1. The first-order valence-corrected chi connectivity index (χ1v) is 11.4. The zero-order chi connectivity index (χ0) is 23.2. The lowest BCUT2D eigenvalue weighted by atomic mass is 10.1. The highest BCUT2D eigenvalue weighted by Gasteiger charge is 2.17. The minimum Gasteiger partial charge on any atom is -0.507 e. The highest BCUT2D eigenvalue weighted by atomic mass is 35.5. The van der Waals surface area contributed by atoms with Crippen molar-refractivity contribution < 1.29 is 9.90 Å². The number of aryl methyl sites for hydroxylation is 1. The lowest BCUT2D eigenvalue weighted by molar-refractivity contribution is -0.118. The van der Waals surface area contributed by atoms with Gasteiger partial charge < -0.3 is 5.11 Å². The first-order valence-electron chi connectivity index (χ1n) is 10.0. The fourth-order valence-electron chi connectivity index (χ4n) is 3.01. The van der Waals surface area contributed by atoms with Gasteiger partial charge in [0.25, 0.3) is 5.91 Å². The summed E-state index contributed by atoms with van der Waals surface area (Å²) in [7, 11) is 0. The van der Waals surface area contributed by atoms with Crippen molar-refractivity contribution in [1.29, 1.82) is 0 Å². The molecule has 1 aromatic heterocycles. The van der Waals surface area contributed by atoms with Gasteiger partial charge in [-0.25, -0.2) is 5.43 Å². The predicted molar refractivity (Wildman–Crippen MR) is 131 cm³/mol. The van der Waals surface area contributed by atoms with Gasteiger partial charge in [0.05, 0.1) is 12.0 Å². The molecule has 9 heteroatoms. The van der Waals surface area contributed by atoms with Gasteiger partial charge in [-0.2, -0.15) is 5.10 Å². The van der Waals surface area contributed by atoms with E-state index >= 15 is 0 Å². The second-order valence-corrected chi connectivity index (χ2v) is 8.50. The molecule has 0 radical (unpaired) electrons. The Morgan fingerprint density at radius 2 is 1.82 bits per heavy atom. The number of thioether (sulfide) groups is 1. The van der Waals surface area contributed by atoms with Crippen LogP contribution in [0.3, 0.4) is 0 Å². The summed E-state index contributed by atoms with van der Waals surface area (Å²) in [5, 5.41) is 23.5. The molecule has 0 unspecified atom stereocenters. The van der Waals surface area contributed by atoms with E-state index in [4.69, 9.17) is 11.6 Å². The zero-order valence-corrected chi connectivity index (χ0v) is 19.2. The van der Waals surface area contributed by atoms with Crippen molar-refractivity contribution in [3.05, 3.63) is 88.9 Å². The SMILES string of the molecule is Cc1ccc(-c2nnc(SCC(=O)N/N=C/c3ccccc3O)n2-c2ccc(Cl)cc2)cc1. The van der Waals surface area contributed by atoms with E-state index in [-0.39, 0.29) is 17.4 Å². The molecule has 0 saturated carbocycles. The molecule has 0 saturated heterocycles. The van der Waals surface area contributed by atoms with Gasteiger partial charge in [0.1, 0.15) is 5.75 Å². The van der Waals surface area contributed by atoms with Crippen molar-refractivity contribution in [3.8, 4) is 22.8 Å². The predicted octanol–water partition coefficient (Wildman–Crippen LogP) is 4.84. The molecule has 2 N–H and O–H groups in total. The number of hydrazone groups is 1. The van der Waals surface area contributed by atoms with E-state index in [9.17, 15) is 9.90 Å². The van der Waals surface area contributed by atoms with Crippen LogP contribution in [0.25, 0.3) is 17.1 Å². The molecule has 4 aromatic rings. The van der Waals surface area contributed by atoms with Gasteiger partial charge >= 0.3 is 0 Å². The van der Waals surface area contributed by atoms with Crippen LogP contribution in [0, 0.1) is 6.92 Å². The summed E-state index contributed by atoms with van der Waals surface area (Å²) in [6.07, 6.45) is 1.39. The average molecular weight is 478 g/mol. The molecule has 0 fully saturated rings. The molecule has 0 aliphatic heterocycles. The van der Waals surface area contributed by atoms with Crippen LogP contribution >= 0.6 is 23.4 Å². The van der Waals surface area contributed by atoms with Crippen LogP contribution in [0.2, 0.25) is 5.02 Å². The summed E-state index contributed by atoms with van der Waals surface area (Å²) >= 11 is 7.31. The number of nitrogens with one attached hydrogen (secondary N) is 1. The molecule has 0 atom stereocenters. The molecule has 0 spiro atoms. The molecule has 7 nitrogen and oxygen atoms in total. The van der Waals surface area contributed by atoms with Crippen LogP contribution in [-0.4, -0.2) is 37.7 Å². The summed E-state index contributed by atoms with van der Waals surface area (Å²) in [5.74, 6) is 0.522. The van der Waals surface area contributed by atoms with Crippen LogP contribution in [0.15, 0.2) is 83.1 Å². The van der Waals surface area contributed by atoms with Gasteiger partial charge in [0.2, 0.25) is 0 Å². The number of rotatable bonds is 7. The van der Waals surface area contributed by atoms with Gasteiger partial charge in [-0.3, -0.25) is 9.36 Å². The lowest BCUT2D eigenvalue weighted by Crippen LogP contribution is -2.20. The monoisotopic (exact) mass is 477 g/mol.